The maximum absolute atomic E-state index is 9.33. The zero-order valence-electron chi connectivity index (χ0n) is 15.5. The SMILES string of the molecule is [C-]#[N+]/N=C1\c2ccccc2C(=NC#N)c2nc3c(nc21)-c1cccc2cccc-3c12. The molecule has 3 aromatic carbocycles. The molecule has 0 bridgehead atoms. The summed E-state index contributed by atoms with van der Waals surface area (Å²) in [6, 6.07) is 19.7. The second-order valence-electron chi connectivity index (χ2n) is 6.98. The lowest BCUT2D eigenvalue weighted by Gasteiger charge is -2.20. The van der Waals surface area contributed by atoms with E-state index in [9.17, 15) is 5.26 Å². The topological polar surface area (TPSA) is 78.6 Å². The second-order valence-corrected chi connectivity index (χ2v) is 6.98. The van der Waals surface area contributed by atoms with Crippen LogP contribution in [0.1, 0.15) is 22.5 Å². The summed E-state index contributed by atoms with van der Waals surface area (Å²) in [5.41, 5.74) is 6.82. The maximum Gasteiger partial charge on any atom is 0.206 e. The molecule has 1 aromatic heterocycles. The maximum atomic E-state index is 9.33. The number of aliphatic imine (C=N–C) groups is 1. The van der Waals surface area contributed by atoms with Gasteiger partial charge in [-0.05, 0) is 5.39 Å². The van der Waals surface area contributed by atoms with E-state index in [2.05, 4.69) is 27.2 Å². The van der Waals surface area contributed by atoms with Crippen molar-refractivity contribution in [2.24, 2.45) is 10.1 Å². The fraction of sp³-hybridized carbons (Fsp3) is 0. The van der Waals surface area contributed by atoms with Gasteiger partial charge in [0.15, 0.2) is 5.71 Å². The van der Waals surface area contributed by atoms with Gasteiger partial charge in [0.2, 0.25) is 6.19 Å². The first-order valence-electron chi connectivity index (χ1n) is 9.28. The second kappa shape index (κ2) is 5.91. The Balaban J connectivity index is 1.75. The summed E-state index contributed by atoms with van der Waals surface area (Å²) >= 11 is 0. The van der Waals surface area contributed by atoms with Gasteiger partial charge >= 0.3 is 0 Å². The minimum atomic E-state index is 0.450. The molecule has 0 atom stereocenters. The Morgan fingerprint density at radius 2 is 1.30 bits per heavy atom. The Bertz CT molecular complexity index is 1450. The van der Waals surface area contributed by atoms with Gasteiger partial charge in [0, 0.05) is 27.6 Å². The van der Waals surface area contributed by atoms with E-state index in [4.69, 9.17) is 16.5 Å². The number of aromatic nitrogens is 2. The molecule has 0 N–H and O–H groups in total. The zero-order valence-corrected chi connectivity index (χ0v) is 15.5. The fourth-order valence-corrected chi connectivity index (χ4v) is 4.34. The van der Waals surface area contributed by atoms with Gasteiger partial charge in [-0.2, -0.15) is 16.8 Å². The van der Waals surface area contributed by atoms with Crippen LogP contribution in [0.5, 0.6) is 0 Å². The van der Waals surface area contributed by atoms with Crippen molar-refractivity contribution in [3.8, 4) is 28.7 Å². The molecule has 136 valence electrons. The molecule has 0 unspecified atom stereocenters. The summed E-state index contributed by atoms with van der Waals surface area (Å²) in [6.45, 7) is 7.31. The number of nitrogens with zero attached hydrogens (tertiary/aromatic N) is 6. The highest BCUT2D eigenvalue weighted by atomic mass is 15.2. The molecule has 6 nitrogen and oxygen atoms in total. The van der Waals surface area contributed by atoms with Crippen molar-refractivity contribution in [3.05, 3.63) is 94.7 Å². The van der Waals surface area contributed by atoms with Gasteiger partial charge in [0.05, 0.1) is 16.5 Å². The fourth-order valence-electron chi connectivity index (χ4n) is 4.34. The first kappa shape index (κ1) is 16.3. The Morgan fingerprint density at radius 1 is 0.733 bits per heavy atom. The summed E-state index contributed by atoms with van der Waals surface area (Å²) in [7, 11) is 0. The zero-order chi connectivity index (χ0) is 20.2. The van der Waals surface area contributed by atoms with E-state index in [-0.39, 0.29) is 0 Å². The third kappa shape index (κ3) is 1.99. The van der Waals surface area contributed by atoms with Crippen molar-refractivity contribution in [2.75, 3.05) is 0 Å². The minimum absolute atomic E-state index is 0.450. The number of rotatable bonds is 0. The highest BCUT2D eigenvalue weighted by Gasteiger charge is 2.35. The van der Waals surface area contributed by atoms with Gasteiger partial charge in [0.25, 0.3) is 0 Å². The molecule has 0 fully saturated rings. The normalized spacial score (nSPS) is 15.4. The van der Waals surface area contributed by atoms with Crippen LogP contribution in [0.15, 0.2) is 70.8 Å². The van der Waals surface area contributed by atoms with Gasteiger partial charge in [-0.1, -0.05) is 60.7 Å². The molecule has 0 radical (unpaired) electrons. The first-order valence-corrected chi connectivity index (χ1v) is 9.28. The molecule has 6 heteroatoms. The largest absolute Gasteiger partial charge is 0.241 e. The Morgan fingerprint density at radius 3 is 1.90 bits per heavy atom. The number of hydrogen-bond acceptors (Lipinski definition) is 5. The standard InChI is InChI=1S/C24H10N6/c1-26-30-22-15-9-3-2-8-14(15)19(27-12-25)23-24(22)29-21-17-11-5-7-13-6-4-10-16(18(13)17)20(21)28-23/h2-11H/b27-19?,30-22+. The van der Waals surface area contributed by atoms with Crippen LogP contribution >= 0.6 is 0 Å². The van der Waals surface area contributed by atoms with Crippen molar-refractivity contribution in [1.82, 2.24) is 9.97 Å². The van der Waals surface area contributed by atoms with Crippen LogP contribution in [0.2, 0.25) is 0 Å². The van der Waals surface area contributed by atoms with Gasteiger partial charge in [0.1, 0.15) is 17.1 Å². The van der Waals surface area contributed by atoms with Crippen molar-refractivity contribution < 1.29 is 0 Å². The lowest BCUT2D eigenvalue weighted by atomic mass is 9.88. The summed E-state index contributed by atoms with van der Waals surface area (Å²) in [6.07, 6.45) is 1.89. The van der Waals surface area contributed by atoms with Crippen molar-refractivity contribution >= 4 is 22.2 Å². The van der Waals surface area contributed by atoms with E-state index in [1.165, 1.54) is 0 Å². The van der Waals surface area contributed by atoms with Crippen molar-refractivity contribution in [1.29, 1.82) is 5.26 Å². The van der Waals surface area contributed by atoms with E-state index < -0.39 is 0 Å². The van der Waals surface area contributed by atoms with Crippen LogP contribution in [0.3, 0.4) is 0 Å². The molecule has 4 aromatic rings. The third-order valence-corrected chi connectivity index (χ3v) is 5.51. The molecule has 0 amide bonds. The Kier molecular flexibility index (Phi) is 3.21. The van der Waals surface area contributed by atoms with Crippen molar-refractivity contribution in [2.45, 2.75) is 0 Å². The molecule has 0 saturated carbocycles. The van der Waals surface area contributed by atoms with Gasteiger partial charge < -0.3 is 0 Å². The molecular weight excluding hydrogens is 372 g/mol. The number of nitriles is 1. The van der Waals surface area contributed by atoms with Crippen LogP contribution in [0.25, 0.3) is 38.2 Å². The number of benzene rings is 3. The van der Waals surface area contributed by atoms with E-state index in [0.717, 1.165) is 44.4 Å². The number of hydrogen-bond donors (Lipinski definition) is 0. The molecule has 30 heavy (non-hydrogen) atoms. The lowest BCUT2D eigenvalue weighted by Crippen LogP contribution is -2.25. The van der Waals surface area contributed by atoms with E-state index in [0.29, 0.717) is 22.8 Å². The average Bonchev–Trinajstić information content (AvgIpc) is 3.10. The van der Waals surface area contributed by atoms with E-state index in [1.54, 1.807) is 0 Å². The predicted octanol–water partition coefficient (Wildman–Crippen LogP) is 4.58. The van der Waals surface area contributed by atoms with Crippen LogP contribution < -0.4 is 0 Å². The molecule has 1 heterocycles. The van der Waals surface area contributed by atoms with E-state index >= 15 is 0 Å². The smallest absolute Gasteiger partial charge is 0.206 e. The average molecular weight is 382 g/mol. The molecule has 0 spiro atoms. The molecule has 6 rings (SSSR count). The Labute approximate surface area is 171 Å². The summed E-state index contributed by atoms with van der Waals surface area (Å²) in [5, 5.41) is 15.6. The summed E-state index contributed by atoms with van der Waals surface area (Å²) in [5.74, 6) is 0. The van der Waals surface area contributed by atoms with Crippen LogP contribution in [0, 0.1) is 18.0 Å². The lowest BCUT2D eigenvalue weighted by molar-refractivity contribution is 1.16. The van der Waals surface area contributed by atoms with Gasteiger partial charge in [-0.25, -0.2) is 9.97 Å². The Hall–Kier alpha value is -4.68. The highest BCUT2D eigenvalue weighted by Crippen LogP contribution is 2.46. The molecular formula is C24H10N6. The van der Waals surface area contributed by atoms with Gasteiger partial charge in [-0.3, -0.25) is 0 Å². The molecule has 0 aliphatic heterocycles. The molecule has 2 aliphatic rings. The molecule has 2 aliphatic carbocycles. The summed E-state index contributed by atoms with van der Waals surface area (Å²) < 4.78 is 0. The van der Waals surface area contributed by atoms with Gasteiger partial charge in [-0.15, -0.1) is 4.95 Å². The highest BCUT2D eigenvalue weighted by molar-refractivity contribution is 6.31. The molecule has 0 saturated heterocycles. The van der Waals surface area contributed by atoms with Crippen molar-refractivity contribution in [3.63, 3.8) is 0 Å². The monoisotopic (exact) mass is 382 g/mol. The first-order chi connectivity index (χ1) is 14.8. The quantitative estimate of drug-likeness (QED) is 0.219. The van der Waals surface area contributed by atoms with Crippen LogP contribution in [-0.4, -0.2) is 21.4 Å². The third-order valence-electron chi connectivity index (χ3n) is 5.51. The van der Waals surface area contributed by atoms with Crippen LogP contribution in [0.4, 0.5) is 0 Å². The predicted molar refractivity (Wildman–Crippen MR) is 114 cm³/mol. The minimum Gasteiger partial charge on any atom is -0.241 e. The summed E-state index contributed by atoms with van der Waals surface area (Å²) in [4.78, 5) is 17.2. The van der Waals surface area contributed by atoms with E-state index in [1.807, 2.05) is 54.7 Å². The number of fused-ring (bicyclic) bond motifs is 5. The van der Waals surface area contributed by atoms with Crippen LogP contribution in [-0.2, 0) is 0 Å².